The molecule has 2 rings (SSSR count). The van der Waals surface area contributed by atoms with Crippen LogP contribution in [0.3, 0.4) is 0 Å². The number of hydrogen-bond acceptors (Lipinski definition) is 1. The van der Waals surface area contributed by atoms with Crippen LogP contribution in [0.4, 0.5) is 0 Å². The molecule has 1 aromatic rings. The zero-order chi connectivity index (χ0) is 9.97. The van der Waals surface area contributed by atoms with Crippen LogP contribution in [0.1, 0.15) is 19.3 Å². The van der Waals surface area contributed by atoms with E-state index in [1.165, 1.54) is 22.8 Å². The van der Waals surface area contributed by atoms with E-state index in [9.17, 15) is 0 Å². The van der Waals surface area contributed by atoms with Crippen molar-refractivity contribution in [3.05, 3.63) is 26.2 Å². The molecule has 1 aromatic carbocycles. The lowest BCUT2D eigenvalue weighted by Gasteiger charge is -2.25. The molecular weight excluding hydrogens is 355 g/mol. The van der Waals surface area contributed by atoms with Crippen LogP contribution in [0.15, 0.2) is 22.7 Å². The predicted molar refractivity (Wildman–Crippen MR) is 69.7 cm³/mol. The maximum absolute atomic E-state index is 5.78. The van der Waals surface area contributed by atoms with Crippen molar-refractivity contribution in [2.24, 2.45) is 5.92 Å². The maximum Gasteiger partial charge on any atom is 0.133 e. The molecule has 1 fully saturated rings. The second-order valence-corrected chi connectivity index (χ2v) is 5.76. The normalized spacial score (nSPS) is 16.4. The highest BCUT2D eigenvalue weighted by Gasteiger charge is 2.18. The third-order valence-corrected chi connectivity index (χ3v) is 3.98. The first-order chi connectivity index (χ1) is 6.75. The van der Waals surface area contributed by atoms with E-state index in [1.807, 2.05) is 12.1 Å². The van der Waals surface area contributed by atoms with Crippen molar-refractivity contribution in [3.8, 4) is 5.75 Å². The Kier molecular flexibility index (Phi) is 3.71. The average Bonchev–Trinajstić information content (AvgIpc) is 2.08. The van der Waals surface area contributed by atoms with Crippen molar-refractivity contribution in [1.29, 1.82) is 0 Å². The topological polar surface area (TPSA) is 9.23 Å². The van der Waals surface area contributed by atoms with Gasteiger partial charge in [0.25, 0.3) is 0 Å². The van der Waals surface area contributed by atoms with Gasteiger partial charge in [0.15, 0.2) is 0 Å². The van der Waals surface area contributed by atoms with Crippen LogP contribution in [0.25, 0.3) is 0 Å². The molecule has 0 spiro atoms. The molecule has 0 aromatic heterocycles. The lowest BCUT2D eigenvalue weighted by Crippen LogP contribution is -2.19. The van der Waals surface area contributed by atoms with E-state index in [0.717, 1.165) is 22.7 Å². The minimum absolute atomic E-state index is 0.796. The van der Waals surface area contributed by atoms with Crippen molar-refractivity contribution in [3.63, 3.8) is 0 Å². The smallest absolute Gasteiger partial charge is 0.133 e. The molecule has 14 heavy (non-hydrogen) atoms. The first-order valence-corrected chi connectivity index (χ1v) is 6.71. The molecule has 0 radical (unpaired) electrons. The number of benzene rings is 1. The van der Waals surface area contributed by atoms with Gasteiger partial charge in [0.1, 0.15) is 5.75 Å². The van der Waals surface area contributed by atoms with Gasteiger partial charge >= 0.3 is 0 Å². The molecule has 0 heterocycles. The Morgan fingerprint density at radius 3 is 2.86 bits per heavy atom. The first kappa shape index (κ1) is 10.7. The van der Waals surface area contributed by atoms with Crippen LogP contribution in [0.2, 0.25) is 0 Å². The lowest BCUT2D eigenvalue weighted by atomic mass is 9.86. The van der Waals surface area contributed by atoms with E-state index in [0.29, 0.717) is 0 Å². The van der Waals surface area contributed by atoms with Crippen LogP contribution < -0.4 is 4.74 Å². The quantitative estimate of drug-likeness (QED) is 0.727. The van der Waals surface area contributed by atoms with Crippen LogP contribution in [0.5, 0.6) is 5.75 Å². The van der Waals surface area contributed by atoms with E-state index in [1.54, 1.807) is 0 Å². The Hall–Kier alpha value is 0.230. The molecule has 0 aliphatic heterocycles. The molecule has 1 saturated carbocycles. The third kappa shape index (κ3) is 2.63. The van der Waals surface area contributed by atoms with E-state index in [2.05, 4.69) is 44.6 Å². The molecule has 0 unspecified atom stereocenters. The number of hydrogen-bond donors (Lipinski definition) is 0. The van der Waals surface area contributed by atoms with E-state index in [4.69, 9.17) is 4.74 Å². The molecule has 76 valence electrons. The van der Waals surface area contributed by atoms with Crippen LogP contribution in [-0.2, 0) is 0 Å². The number of ether oxygens (including phenoxy) is 1. The molecular formula is C11H12BrIO. The summed E-state index contributed by atoms with van der Waals surface area (Å²) in [6, 6.07) is 6.15. The fourth-order valence-electron chi connectivity index (χ4n) is 1.45. The predicted octanol–water partition coefficient (Wildman–Crippen LogP) is 4.23. The average molecular weight is 367 g/mol. The summed E-state index contributed by atoms with van der Waals surface area (Å²) in [4.78, 5) is 0. The summed E-state index contributed by atoms with van der Waals surface area (Å²) >= 11 is 5.76. The van der Waals surface area contributed by atoms with Crippen LogP contribution in [-0.4, -0.2) is 6.61 Å². The van der Waals surface area contributed by atoms with Crippen LogP contribution >= 0.6 is 38.5 Å². The standard InChI is InChI=1S/C11H12BrIO/c12-9-4-5-10(13)11(6-9)14-7-8-2-1-3-8/h4-6,8H,1-3,7H2. The number of rotatable bonds is 3. The molecule has 1 aliphatic rings. The molecule has 0 saturated heterocycles. The Bertz CT molecular complexity index is 323. The van der Waals surface area contributed by atoms with Gasteiger partial charge in [-0.3, -0.25) is 0 Å². The van der Waals surface area contributed by atoms with E-state index < -0.39 is 0 Å². The Balaban J connectivity index is 1.96. The molecule has 1 aliphatic carbocycles. The Labute approximate surface area is 106 Å². The summed E-state index contributed by atoms with van der Waals surface area (Å²) in [5, 5.41) is 0. The highest BCUT2D eigenvalue weighted by Crippen LogP contribution is 2.29. The summed E-state index contributed by atoms with van der Waals surface area (Å²) in [6.07, 6.45) is 4.05. The van der Waals surface area contributed by atoms with Crippen molar-refractivity contribution < 1.29 is 4.74 Å². The molecule has 0 atom stereocenters. The highest BCUT2D eigenvalue weighted by atomic mass is 127. The molecule has 0 bridgehead atoms. The molecule has 3 heteroatoms. The van der Waals surface area contributed by atoms with Gasteiger partial charge in [0, 0.05) is 4.47 Å². The van der Waals surface area contributed by atoms with E-state index in [-0.39, 0.29) is 0 Å². The minimum Gasteiger partial charge on any atom is -0.492 e. The summed E-state index contributed by atoms with van der Waals surface area (Å²) < 4.78 is 8.05. The summed E-state index contributed by atoms with van der Waals surface area (Å²) in [7, 11) is 0. The first-order valence-electron chi connectivity index (χ1n) is 4.83. The van der Waals surface area contributed by atoms with Crippen LogP contribution in [0, 0.1) is 9.49 Å². The van der Waals surface area contributed by atoms with Gasteiger partial charge in [-0.05, 0) is 59.5 Å². The second-order valence-electron chi connectivity index (χ2n) is 3.68. The van der Waals surface area contributed by atoms with Gasteiger partial charge in [-0.15, -0.1) is 0 Å². The van der Waals surface area contributed by atoms with Crippen molar-refractivity contribution in [2.75, 3.05) is 6.61 Å². The fourth-order valence-corrected chi connectivity index (χ4v) is 2.29. The highest BCUT2D eigenvalue weighted by molar-refractivity contribution is 14.1. The molecule has 0 amide bonds. The van der Waals surface area contributed by atoms with Gasteiger partial charge in [-0.25, -0.2) is 0 Å². The molecule has 0 N–H and O–H groups in total. The van der Waals surface area contributed by atoms with Gasteiger partial charge in [-0.1, -0.05) is 22.4 Å². The zero-order valence-electron chi connectivity index (χ0n) is 7.80. The zero-order valence-corrected chi connectivity index (χ0v) is 11.5. The van der Waals surface area contributed by atoms with Crippen molar-refractivity contribution in [1.82, 2.24) is 0 Å². The lowest BCUT2D eigenvalue weighted by molar-refractivity contribution is 0.179. The summed E-state index contributed by atoms with van der Waals surface area (Å²) in [6.45, 7) is 0.881. The maximum atomic E-state index is 5.78. The fraction of sp³-hybridized carbons (Fsp3) is 0.455. The van der Waals surface area contributed by atoms with Gasteiger partial charge in [0.2, 0.25) is 0 Å². The largest absolute Gasteiger partial charge is 0.492 e. The SMILES string of the molecule is Brc1ccc(I)c(OCC2CCC2)c1. The monoisotopic (exact) mass is 366 g/mol. The summed E-state index contributed by atoms with van der Waals surface area (Å²) in [5.74, 6) is 1.80. The second kappa shape index (κ2) is 4.84. The third-order valence-electron chi connectivity index (χ3n) is 2.59. The Morgan fingerprint density at radius 1 is 1.43 bits per heavy atom. The van der Waals surface area contributed by atoms with Gasteiger partial charge < -0.3 is 4.74 Å². The van der Waals surface area contributed by atoms with E-state index >= 15 is 0 Å². The van der Waals surface area contributed by atoms with Gasteiger partial charge in [-0.2, -0.15) is 0 Å². The van der Waals surface area contributed by atoms with Gasteiger partial charge in [0.05, 0.1) is 10.2 Å². The van der Waals surface area contributed by atoms with Crippen molar-refractivity contribution >= 4 is 38.5 Å². The Morgan fingerprint density at radius 2 is 2.21 bits per heavy atom. The molecule has 1 nitrogen and oxygen atoms in total. The van der Waals surface area contributed by atoms with Crippen molar-refractivity contribution in [2.45, 2.75) is 19.3 Å². The minimum atomic E-state index is 0.796. The summed E-state index contributed by atoms with van der Waals surface area (Å²) in [5.41, 5.74) is 0. The number of halogens is 2.